The third-order valence-electron chi connectivity index (χ3n) is 6.34. The summed E-state index contributed by atoms with van der Waals surface area (Å²) in [7, 11) is 0. The predicted molar refractivity (Wildman–Crippen MR) is 116 cm³/mol. The molecule has 0 bridgehead atoms. The van der Waals surface area contributed by atoms with Gasteiger partial charge in [0.2, 0.25) is 5.91 Å². The van der Waals surface area contributed by atoms with Crippen LogP contribution in [-0.2, 0) is 17.6 Å². The molecule has 5 nitrogen and oxygen atoms in total. The number of carbonyl (C=O) groups excluding carboxylic acids is 1. The van der Waals surface area contributed by atoms with Crippen LogP contribution in [0.25, 0.3) is 0 Å². The highest BCUT2D eigenvalue weighted by molar-refractivity contribution is 5.83. The molecular weight excluding hydrogens is 360 g/mol. The van der Waals surface area contributed by atoms with E-state index in [0.717, 1.165) is 62.4 Å². The number of nitrogens with zero attached hydrogens (tertiary/aromatic N) is 3. The lowest BCUT2D eigenvalue weighted by molar-refractivity contribution is -0.123. The Morgan fingerprint density at radius 3 is 2.59 bits per heavy atom. The molecule has 2 heterocycles. The van der Waals surface area contributed by atoms with E-state index in [1.54, 1.807) is 0 Å². The number of anilines is 1. The molecule has 2 aliphatic rings. The van der Waals surface area contributed by atoms with Crippen molar-refractivity contribution in [1.29, 1.82) is 0 Å². The van der Waals surface area contributed by atoms with Gasteiger partial charge in [-0.15, -0.1) is 0 Å². The number of amides is 1. The maximum absolute atomic E-state index is 12.9. The molecule has 154 valence electrons. The zero-order valence-corrected chi connectivity index (χ0v) is 17.7. The van der Waals surface area contributed by atoms with Crippen molar-refractivity contribution < 1.29 is 4.79 Å². The Kier molecular flexibility index (Phi) is 6.12. The van der Waals surface area contributed by atoms with Crippen molar-refractivity contribution in [3.63, 3.8) is 0 Å². The lowest BCUT2D eigenvalue weighted by Gasteiger charge is -2.35. The zero-order valence-electron chi connectivity index (χ0n) is 17.7. The van der Waals surface area contributed by atoms with E-state index in [9.17, 15) is 4.79 Å². The molecule has 0 spiro atoms. The lowest BCUT2D eigenvalue weighted by Crippen LogP contribution is -2.46. The van der Waals surface area contributed by atoms with Crippen molar-refractivity contribution >= 4 is 11.7 Å². The summed E-state index contributed by atoms with van der Waals surface area (Å²) in [6.07, 6.45) is 7.39. The minimum atomic E-state index is -0.0641. The van der Waals surface area contributed by atoms with E-state index < -0.39 is 0 Å². The van der Waals surface area contributed by atoms with Crippen molar-refractivity contribution in [3.8, 4) is 0 Å². The highest BCUT2D eigenvalue weighted by Gasteiger charge is 2.27. The normalized spacial score (nSPS) is 18.2. The number of benzene rings is 1. The molecule has 1 aromatic carbocycles. The SMILES string of the molecule is CCC(C(=O)NC1CCN(c2nc(C)nc3c2CCCC3)CC1)c1ccccc1. The molecule has 4 rings (SSSR count). The van der Waals surface area contributed by atoms with Crippen molar-refractivity contribution in [2.75, 3.05) is 18.0 Å². The summed E-state index contributed by atoms with van der Waals surface area (Å²) >= 11 is 0. The molecule has 0 radical (unpaired) electrons. The third-order valence-corrected chi connectivity index (χ3v) is 6.34. The summed E-state index contributed by atoms with van der Waals surface area (Å²) in [5, 5.41) is 3.32. The second-order valence-corrected chi connectivity index (χ2v) is 8.37. The third kappa shape index (κ3) is 4.44. The largest absolute Gasteiger partial charge is 0.356 e. The Bertz CT molecular complexity index is 843. The van der Waals surface area contributed by atoms with E-state index in [0.29, 0.717) is 0 Å². The van der Waals surface area contributed by atoms with Gasteiger partial charge < -0.3 is 10.2 Å². The first kappa shape index (κ1) is 19.9. The van der Waals surface area contributed by atoms with Crippen molar-refractivity contribution in [1.82, 2.24) is 15.3 Å². The second kappa shape index (κ2) is 8.93. The fourth-order valence-corrected chi connectivity index (χ4v) is 4.75. The monoisotopic (exact) mass is 392 g/mol. The van der Waals surface area contributed by atoms with Crippen molar-refractivity contribution in [2.45, 2.75) is 70.8 Å². The maximum Gasteiger partial charge on any atom is 0.227 e. The Hall–Kier alpha value is -2.43. The van der Waals surface area contributed by atoms with Gasteiger partial charge in [0.05, 0.1) is 5.92 Å². The van der Waals surface area contributed by atoms with Gasteiger partial charge in [-0.3, -0.25) is 4.79 Å². The molecule has 5 heteroatoms. The minimum absolute atomic E-state index is 0.0641. The van der Waals surface area contributed by atoms with Gasteiger partial charge in [-0.05, 0) is 57.4 Å². The van der Waals surface area contributed by atoms with E-state index in [1.807, 2.05) is 25.1 Å². The number of nitrogens with one attached hydrogen (secondary N) is 1. The number of hydrogen-bond acceptors (Lipinski definition) is 4. The number of hydrogen-bond donors (Lipinski definition) is 1. The lowest BCUT2D eigenvalue weighted by atomic mass is 9.94. The van der Waals surface area contributed by atoms with Gasteiger partial charge in [-0.1, -0.05) is 37.3 Å². The molecule has 1 amide bonds. The summed E-state index contributed by atoms with van der Waals surface area (Å²) < 4.78 is 0. The minimum Gasteiger partial charge on any atom is -0.356 e. The van der Waals surface area contributed by atoms with Gasteiger partial charge in [0.1, 0.15) is 11.6 Å². The van der Waals surface area contributed by atoms with Gasteiger partial charge in [-0.25, -0.2) is 9.97 Å². The van der Waals surface area contributed by atoms with Crippen molar-refractivity contribution in [3.05, 3.63) is 53.0 Å². The average molecular weight is 393 g/mol. The molecule has 1 aromatic heterocycles. The first-order valence-corrected chi connectivity index (χ1v) is 11.1. The number of piperidine rings is 1. The number of carbonyl (C=O) groups is 1. The van der Waals surface area contributed by atoms with Crippen LogP contribution in [0, 0.1) is 6.92 Å². The van der Waals surface area contributed by atoms with Crippen LogP contribution in [0.1, 0.15) is 67.6 Å². The van der Waals surface area contributed by atoms with Crippen LogP contribution in [0.2, 0.25) is 0 Å². The molecule has 1 aliphatic carbocycles. The Labute approximate surface area is 173 Å². The summed E-state index contributed by atoms with van der Waals surface area (Å²) in [6, 6.07) is 10.4. The van der Waals surface area contributed by atoms with Gasteiger partial charge in [-0.2, -0.15) is 0 Å². The highest BCUT2D eigenvalue weighted by atomic mass is 16.1. The first-order valence-electron chi connectivity index (χ1n) is 11.1. The van der Waals surface area contributed by atoms with Crippen LogP contribution in [0.4, 0.5) is 5.82 Å². The van der Waals surface area contributed by atoms with Gasteiger partial charge in [0, 0.05) is 30.4 Å². The molecule has 0 saturated carbocycles. The predicted octanol–water partition coefficient (Wildman–Crippen LogP) is 3.94. The van der Waals surface area contributed by atoms with Gasteiger partial charge in [0.25, 0.3) is 0 Å². The Morgan fingerprint density at radius 2 is 1.86 bits per heavy atom. The fraction of sp³-hybridized carbons (Fsp3) is 0.542. The summed E-state index contributed by atoms with van der Waals surface area (Å²) in [5.41, 5.74) is 3.72. The van der Waals surface area contributed by atoms with E-state index >= 15 is 0 Å². The molecular formula is C24H32N4O. The van der Waals surface area contributed by atoms with Crippen LogP contribution >= 0.6 is 0 Å². The Balaban J connectivity index is 1.39. The van der Waals surface area contributed by atoms with E-state index in [4.69, 9.17) is 4.98 Å². The first-order chi connectivity index (χ1) is 14.2. The molecule has 1 aliphatic heterocycles. The zero-order chi connectivity index (χ0) is 20.2. The molecule has 2 aromatic rings. The molecule has 1 unspecified atom stereocenters. The summed E-state index contributed by atoms with van der Waals surface area (Å²) in [5.74, 6) is 2.12. The number of fused-ring (bicyclic) bond motifs is 1. The Morgan fingerprint density at radius 1 is 1.14 bits per heavy atom. The van der Waals surface area contributed by atoms with Gasteiger partial charge in [0.15, 0.2) is 0 Å². The van der Waals surface area contributed by atoms with Crippen LogP contribution < -0.4 is 10.2 Å². The van der Waals surface area contributed by atoms with Crippen LogP contribution in [0.5, 0.6) is 0 Å². The standard InChI is InChI=1S/C24H32N4O/c1-3-20(18-9-5-4-6-10-18)24(29)27-19-13-15-28(16-14-19)23-21-11-7-8-12-22(21)25-17(2)26-23/h4-6,9-10,19-20H,3,7-8,11-16H2,1-2H3,(H,27,29). The van der Waals surface area contributed by atoms with Crippen LogP contribution in [-0.4, -0.2) is 35.0 Å². The second-order valence-electron chi connectivity index (χ2n) is 8.37. The number of aromatic nitrogens is 2. The summed E-state index contributed by atoms with van der Waals surface area (Å²) in [4.78, 5) is 24.8. The van der Waals surface area contributed by atoms with E-state index in [2.05, 4.69) is 34.3 Å². The summed E-state index contributed by atoms with van der Waals surface area (Å²) in [6.45, 7) is 5.96. The van der Waals surface area contributed by atoms with Crippen molar-refractivity contribution in [2.24, 2.45) is 0 Å². The van der Waals surface area contributed by atoms with Crippen LogP contribution in [0.3, 0.4) is 0 Å². The quantitative estimate of drug-likeness (QED) is 0.837. The van der Waals surface area contributed by atoms with E-state index in [1.165, 1.54) is 24.1 Å². The molecule has 1 atom stereocenters. The van der Waals surface area contributed by atoms with Gasteiger partial charge >= 0.3 is 0 Å². The number of rotatable bonds is 5. The molecule has 1 N–H and O–H groups in total. The average Bonchev–Trinajstić information content (AvgIpc) is 2.75. The topological polar surface area (TPSA) is 58.1 Å². The molecule has 1 fully saturated rings. The molecule has 29 heavy (non-hydrogen) atoms. The smallest absolute Gasteiger partial charge is 0.227 e. The molecule has 1 saturated heterocycles. The maximum atomic E-state index is 12.9. The van der Waals surface area contributed by atoms with Crippen LogP contribution in [0.15, 0.2) is 30.3 Å². The van der Waals surface area contributed by atoms with E-state index in [-0.39, 0.29) is 17.9 Å². The highest BCUT2D eigenvalue weighted by Crippen LogP contribution is 2.30. The number of aryl methyl sites for hydroxylation is 2. The fourth-order valence-electron chi connectivity index (χ4n) is 4.75.